The summed E-state index contributed by atoms with van der Waals surface area (Å²) in [5.74, 6) is -1.62. The fraction of sp³-hybridized carbons (Fsp3) is 0.250. The van der Waals surface area contributed by atoms with Gasteiger partial charge in [-0.3, -0.25) is 9.59 Å². The van der Waals surface area contributed by atoms with E-state index >= 15 is 0 Å². The maximum atomic E-state index is 14.0. The summed E-state index contributed by atoms with van der Waals surface area (Å²) < 4.78 is 11.8. The molecular weight excluding hydrogens is 556 g/mol. The Morgan fingerprint density at radius 1 is 0.795 bits per heavy atom. The minimum atomic E-state index is -1.12. The van der Waals surface area contributed by atoms with Crippen molar-refractivity contribution in [1.82, 2.24) is 10.2 Å². The van der Waals surface area contributed by atoms with Crippen LogP contribution in [0.1, 0.15) is 41.5 Å². The zero-order valence-corrected chi connectivity index (χ0v) is 24.6. The molecule has 0 spiro atoms. The van der Waals surface area contributed by atoms with Gasteiger partial charge in [-0.25, -0.2) is 4.79 Å². The van der Waals surface area contributed by atoms with Crippen LogP contribution in [-0.4, -0.2) is 53.3 Å². The summed E-state index contributed by atoms with van der Waals surface area (Å²) in [5.41, 5.74) is 6.14. The molecule has 2 atom stereocenters. The van der Waals surface area contributed by atoms with E-state index < -0.39 is 30.1 Å². The summed E-state index contributed by atoms with van der Waals surface area (Å²) in [7, 11) is 0. The number of hydrogen-bond donors (Lipinski definition) is 2. The number of carboxylic acid groups (broad SMARTS) is 1. The fourth-order valence-corrected chi connectivity index (χ4v) is 5.54. The molecule has 5 rings (SSSR count). The number of amides is 2. The predicted molar refractivity (Wildman–Crippen MR) is 167 cm³/mol. The van der Waals surface area contributed by atoms with E-state index in [4.69, 9.17) is 9.47 Å². The molecule has 2 amide bonds. The van der Waals surface area contributed by atoms with E-state index in [1.165, 1.54) is 4.90 Å². The summed E-state index contributed by atoms with van der Waals surface area (Å²) in [6.07, 6.45) is -1.74. The van der Waals surface area contributed by atoms with Crippen molar-refractivity contribution in [2.75, 3.05) is 13.2 Å². The normalized spacial score (nSPS) is 13.3. The maximum absolute atomic E-state index is 14.0. The number of carbonyl (C=O) groups is 3. The van der Waals surface area contributed by atoms with Gasteiger partial charge in [-0.2, -0.15) is 0 Å². The number of fused-ring (bicyclic) bond motifs is 3. The highest BCUT2D eigenvalue weighted by Gasteiger charge is 2.34. The third kappa shape index (κ3) is 7.51. The second kappa shape index (κ2) is 14.5. The standard InChI is InChI=1S/C36H36N2O6/c1-25(43-23-27-14-6-3-7-15-27)34(35(41)38(21-20-33(39)40)22-26-12-4-2-5-13-26)37-36(42)44-24-32-30-18-10-8-16-28(30)29-17-9-11-19-31(29)32/h2-19,25,32,34H,20-24H2,1H3,(H,37,42)(H,39,40)/t25-,34+/m0/s1. The van der Waals surface area contributed by atoms with Gasteiger partial charge in [-0.05, 0) is 40.3 Å². The van der Waals surface area contributed by atoms with Gasteiger partial charge in [0.25, 0.3) is 0 Å². The molecular formula is C36H36N2O6. The van der Waals surface area contributed by atoms with E-state index in [1.54, 1.807) is 6.92 Å². The van der Waals surface area contributed by atoms with E-state index in [0.29, 0.717) is 0 Å². The molecule has 0 bridgehead atoms. The predicted octanol–water partition coefficient (Wildman–Crippen LogP) is 6.00. The van der Waals surface area contributed by atoms with Gasteiger partial charge in [-0.1, -0.05) is 109 Å². The zero-order valence-electron chi connectivity index (χ0n) is 24.6. The number of nitrogens with zero attached hydrogens (tertiary/aromatic N) is 1. The van der Waals surface area contributed by atoms with E-state index in [9.17, 15) is 19.5 Å². The second-order valence-electron chi connectivity index (χ2n) is 10.8. The van der Waals surface area contributed by atoms with Crippen LogP contribution >= 0.6 is 0 Å². The molecule has 0 fully saturated rings. The summed E-state index contributed by atoms with van der Waals surface area (Å²) >= 11 is 0. The lowest BCUT2D eigenvalue weighted by atomic mass is 9.98. The first-order chi connectivity index (χ1) is 21.4. The molecule has 0 heterocycles. The van der Waals surface area contributed by atoms with Crippen LogP contribution in [0.15, 0.2) is 109 Å². The van der Waals surface area contributed by atoms with Crippen LogP contribution in [-0.2, 0) is 32.2 Å². The third-order valence-corrected chi connectivity index (χ3v) is 7.83. The Kier molecular flexibility index (Phi) is 10.0. The lowest BCUT2D eigenvalue weighted by molar-refractivity contribution is -0.141. The van der Waals surface area contributed by atoms with Crippen molar-refractivity contribution in [3.8, 4) is 11.1 Å². The largest absolute Gasteiger partial charge is 0.481 e. The second-order valence-corrected chi connectivity index (χ2v) is 10.8. The number of carboxylic acids is 1. The van der Waals surface area contributed by atoms with Crippen LogP contribution in [0.3, 0.4) is 0 Å². The number of aliphatic carboxylic acids is 1. The van der Waals surface area contributed by atoms with Gasteiger partial charge >= 0.3 is 12.1 Å². The number of alkyl carbamates (subject to hydrolysis) is 1. The van der Waals surface area contributed by atoms with Crippen LogP contribution in [0.4, 0.5) is 4.79 Å². The number of benzene rings is 4. The Bertz CT molecular complexity index is 1530. The van der Waals surface area contributed by atoms with Gasteiger partial charge in [0.05, 0.1) is 19.1 Å². The molecule has 1 aliphatic rings. The Balaban J connectivity index is 1.33. The Morgan fingerprint density at radius 2 is 1.34 bits per heavy atom. The van der Waals surface area contributed by atoms with Gasteiger partial charge in [0.15, 0.2) is 0 Å². The van der Waals surface area contributed by atoms with Crippen LogP contribution in [0.25, 0.3) is 11.1 Å². The first-order valence-corrected chi connectivity index (χ1v) is 14.7. The van der Waals surface area contributed by atoms with Crippen molar-refractivity contribution in [3.05, 3.63) is 131 Å². The van der Waals surface area contributed by atoms with Gasteiger partial charge in [-0.15, -0.1) is 0 Å². The van der Waals surface area contributed by atoms with Crippen LogP contribution < -0.4 is 5.32 Å². The quantitative estimate of drug-likeness (QED) is 0.197. The topological polar surface area (TPSA) is 105 Å². The number of carbonyl (C=O) groups excluding carboxylic acids is 2. The third-order valence-electron chi connectivity index (χ3n) is 7.83. The van der Waals surface area contributed by atoms with Crippen LogP contribution in [0, 0.1) is 0 Å². The molecule has 8 nitrogen and oxygen atoms in total. The summed E-state index contributed by atoms with van der Waals surface area (Å²) in [5, 5.41) is 12.1. The molecule has 0 aliphatic heterocycles. The summed E-state index contributed by atoms with van der Waals surface area (Å²) in [4.78, 5) is 40.2. The van der Waals surface area contributed by atoms with Gasteiger partial charge in [0.2, 0.25) is 5.91 Å². The number of hydrogen-bond acceptors (Lipinski definition) is 5. The molecule has 0 saturated carbocycles. The van der Waals surface area contributed by atoms with E-state index in [1.807, 2.05) is 97.1 Å². The molecule has 4 aromatic carbocycles. The number of ether oxygens (including phenoxy) is 2. The Labute approximate surface area is 257 Å². The molecule has 0 aromatic heterocycles. The number of nitrogens with one attached hydrogen (secondary N) is 1. The van der Waals surface area contributed by atoms with Gasteiger partial charge in [0.1, 0.15) is 12.6 Å². The molecule has 44 heavy (non-hydrogen) atoms. The fourth-order valence-electron chi connectivity index (χ4n) is 5.54. The average Bonchev–Trinajstić information content (AvgIpc) is 3.37. The van der Waals surface area contributed by atoms with E-state index in [2.05, 4.69) is 17.4 Å². The zero-order chi connectivity index (χ0) is 30.9. The molecule has 0 saturated heterocycles. The SMILES string of the molecule is C[C@H](OCc1ccccc1)[C@@H](NC(=O)OCC1c2ccccc2-c2ccccc21)C(=O)N(CCC(=O)O)Cc1ccccc1. The first-order valence-electron chi connectivity index (χ1n) is 14.7. The molecule has 0 radical (unpaired) electrons. The molecule has 2 N–H and O–H groups in total. The maximum Gasteiger partial charge on any atom is 0.407 e. The molecule has 0 unspecified atom stereocenters. The molecule has 1 aliphatic carbocycles. The van der Waals surface area contributed by atoms with Gasteiger partial charge < -0.3 is 24.8 Å². The highest BCUT2D eigenvalue weighted by molar-refractivity contribution is 5.87. The minimum Gasteiger partial charge on any atom is -0.481 e. The van der Waals surface area contributed by atoms with Crippen molar-refractivity contribution in [2.45, 2.75) is 44.6 Å². The van der Waals surface area contributed by atoms with E-state index in [-0.39, 0.29) is 38.6 Å². The molecule has 226 valence electrons. The first kappa shape index (κ1) is 30.5. The molecule has 8 heteroatoms. The Morgan fingerprint density at radius 3 is 1.93 bits per heavy atom. The monoisotopic (exact) mass is 592 g/mol. The van der Waals surface area contributed by atoms with Crippen LogP contribution in [0.5, 0.6) is 0 Å². The van der Waals surface area contributed by atoms with Crippen molar-refractivity contribution >= 4 is 18.0 Å². The number of rotatable bonds is 13. The highest BCUT2D eigenvalue weighted by Crippen LogP contribution is 2.44. The van der Waals surface area contributed by atoms with Gasteiger partial charge in [0, 0.05) is 19.0 Å². The minimum absolute atomic E-state index is 0.0304. The van der Waals surface area contributed by atoms with Crippen molar-refractivity contribution in [1.29, 1.82) is 0 Å². The van der Waals surface area contributed by atoms with Crippen molar-refractivity contribution in [3.63, 3.8) is 0 Å². The highest BCUT2D eigenvalue weighted by atomic mass is 16.5. The van der Waals surface area contributed by atoms with Crippen molar-refractivity contribution in [2.24, 2.45) is 0 Å². The smallest absolute Gasteiger partial charge is 0.407 e. The summed E-state index contributed by atoms with van der Waals surface area (Å²) in [6.45, 7) is 2.18. The lowest BCUT2D eigenvalue weighted by Gasteiger charge is -2.31. The summed E-state index contributed by atoms with van der Waals surface area (Å²) in [6, 6.07) is 33.8. The van der Waals surface area contributed by atoms with E-state index in [0.717, 1.165) is 33.4 Å². The Hall–Kier alpha value is -4.95. The van der Waals surface area contributed by atoms with Crippen molar-refractivity contribution < 1.29 is 29.0 Å². The molecule has 4 aromatic rings. The van der Waals surface area contributed by atoms with Crippen LogP contribution in [0.2, 0.25) is 0 Å². The average molecular weight is 593 g/mol. The lowest BCUT2D eigenvalue weighted by Crippen LogP contribution is -2.54.